The number of carbonyl (C=O) groups is 1. The van der Waals surface area contributed by atoms with E-state index in [4.69, 9.17) is 0 Å². The summed E-state index contributed by atoms with van der Waals surface area (Å²) in [6.07, 6.45) is 5.34. The number of aromatic nitrogens is 4. The Morgan fingerprint density at radius 1 is 1.15 bits per heavy atom. The summed E-state index contributed by atoms with van der Waals surface area (Å²) in [5.74, 6) is 1.42. The van der Waals surface area contributed by atoms with E-state index in [9.17, 15) is 4.79 Å². The van der Waals surface area contributed by atoms with Crippen molar-refractivity contribution in [2.24, 2.45) is 5.92 Å². The van der Waals surface area contributed by atoms with Gasteiger partial charge >= 0.3 is 0 Å². The number of halogens is 1. The number of piperidine rings is 1. The van der Waals surface area contributed by atoms with Crippen molar-refractivity contribution in [3.8, 4) is 5.82 Å². The molecule has 1 fully saturated rings. The molecule has 2 aromatic heterocycles. The maximum absolute atomic E-state index is 12.7. The van der Waals surface area contributed by atoms with Gasteiger partial charge in [0.15, 0.2) is 11.6 Å². The molecule has 1 amide bonds. The van der Waals surface area contributed by atoms with Crippen LogP contribution in [0.4, 0.5) is 11.5 Å². The zero-order valence-corrected chi connectivity index (χ0v) is 16.2. The molecule has 0 radical (unpaired) electrons. The Hall–Kier alpha value is -2.74. The zero-order valence-electron chi connectivity index (χ0n) is 14.6. The van der Waals surface area contributed by atoms with Crippen molar-refractivity contribution >= 4 is 33.3 Å². The molecule has 0 aliphatic carbocycles. The molecule has 7 nitrogen and oxygen atoms in total. The maximum Gasteiger partial charge on any atom is 0.229 e. The van der Waals surface area contributed by atoms with Gasteiger partial charge in [-0.3, -0.25) is 4.79 Å². The minimum absolute atomic E-state index is 0.0407. The number of amides is 1. The van der Waals surface area contributed by atoms with Gasteiger partial charge in [0.25, 0.3) is 0 Å². The molecule has 4 rings (SSSR count). The first-order valence-corrected chi connectivity index (χ1v) is 9.63. The summed E-state index contributed by atoms with van der Waals surface area (Å²) in [5.41, 5.74) is 0.801. The predicted octanol–water partition coefficient (Wildman–Crippen LogP) is 3.28. The monoisotopic (exact) mass is 426 g/mol. The summed E-state index contributed by atoms with van der Waals surface area (Å²) in [6.45, 7) is 1.51. The average molecular weight is 427 g/mol. The molecule has 8 heteroatoms. The molecule has 1 aliphatic rings. The fraction of sp³-hybridized carbons (Fsp3) is 0.263. The highest BCUT2D eigenvalue weighted by Crippen LogP contribution is 2.23. The second kappa shape index (κ2) is 7.87. The van der Waals surface area contributed by atoms with Gasteiger partial charge < -0.3 is 10.2 Å². The molecule has 3 heterocycles. The first kappa shape index (κ1) is 17.7. The van der Waals surface area contributed by atoms with Crippen molar-refractivity contribution in [3.05, 3.63) is 59.3 Å². The molecule has 27 heavy (non-hydrogen) atoms. The maximum atomic E-state index is 12.7. The van der Waals surface area contributed by atoms with Crippen molar-refractivity contribution in [2.75, 3.05) is 23.3 Å². The minimum atomic E-state index is -0.0784. The van der Waals surface area contributed by atoms with Gasteiger partial charge in [-0.25, -0.2) is 4.68 Å². The van der Waals surface area contributed by atoms with E-state index in [0.29, 0.717) is 12.4 Å². The van der Waals surface area contributed by atoms with E-state index in [1.165, 1.54) is 0 Å². The summed E-state index contributed by atoms with van der Waals surface area (Å²) in [6, 6.07) is 13.3. The topological polar surface area (TPSA) is 75.9 Å². The first-order chi connectivity index (χ1) is 13.2. The largest absolute Gasteiger partial charge is 0.354 e. The summed E-state index contributed by atoms with van der Waals surface area (Å²) in [4.78, 5) is 14.8. The third-order valence-corrected chi connectivity index (χ3v) is 5.08. The van der Waals surface area contributed by atoms with Gasteiger partial charge in [0.1, 0.15) is 0 Å². The lowest BCUT2D eigenvalue weighted by Crippen LogP contribution is -2.41. The Balaban J connectivity index is 1.42. The molecule has 1 atom stereocenters. The van der Waals surface area contributed by atoms with Gasteiger partial charge in [-0.05, 0) is 49.2 Å². The molecular weight excluding hydrogens is 408 g/mol. The van der Waals surface area contributed by atoms with Crippen LogP contribution in [0.5, 0.6) is 0 Å². The second-order valence-corrected chi connectivity index (χ2v) is 7.40. The molecule has 1 N–H and O–H groups in total. The zero-order chi connectivity index (χ0) is 18.6. The van der Waals surface area contributed by atoms with Crippen LogP contribution in [-0.4, -0.2) is 39.0 Å². The van der Waals surface area contributed by atoms with Crippen LogP contribution in [0.15, 0.2) is 59.3 Å². The Bertz CT molecular complexity index is 912. The summed E-state index contributed by atoms with van der Waals surface area (Å²) in [7, 11) is 0. The van der Waals surface area contributed by atoms with E-state index >= 15 is 0 Å². The summed E-state index contributed by atoms with van der Waals surface area (Å²) >= 11 is 3.43. The Morgan fingerprint density at radius 2 is 2.00 bits per heavy atom. The number of rotatable bonds is 4. The normalized spacial score (nSPS) is 16.9. The number of hydrogen-bond acceptors (Lipinski definition) is 5. The number of hydrogen-bond donors (Lipinski definition) is 1. The van der Waals surface area contributed by atoms with Crippen LogP contribution in [0.3, 0.4) is 0 Å². The van der Waals surface area contributed by atoms with Crippen LogP contribution in [0.1, 0.15) is 12.8 Å². The highest BCUT2D eigenvalue weighted by Gasteiger charge is 2.27. The van der Waals surface area contributed by atoms with E-state index in [-0.39, 0.29) is 11.8 Å². The summed E-state index contributed by atoms with van der Waals surface area (Å²) < 4.78 is 2.61. The molecule has 0 spiro atoms. The SMILES string of the molecule is O=C(Nc1cccc(Br)c1)C1CCCN(c2ccc(-n3cccn3)nn2)C1. The van der Waals surface area contributed by atoms with E-state index in [1.54, 1.807) is 10.9 Å². The van der Waals surface area contributed by atoms with Gasteiger partial charge in [0.05, 0.1) is 5.92 Å². The summed E-state index contributed by atoms with van der Waals surface area (Å²) in [5, 5.41) is 15.7. The number of benzene rings is 1. The average Bonchev–Trinajstić information content (AvgIpc) is 3.23. The van der Waals surface area contributed by atoms with Crippen molar-refractivity contribution in [3.63, 3.8) is 0 Å². The van der Waals surface area contributed by atoms with Gasteiger partial charge in [0, 0.05) is 35.6 Å². The molecule has 3 aromatic rings. The van der Waals surface area contributed by atoms with Gasteiger partial charge in [-0.2, -0.15) is 5.10 Å². The molecule has 1 aliphatic heterocycles. The van der Waals surface area contributed by atoms with Gasteiger partial charge in [-0.15, -0.1) is 10.2 Å². The highest BCUT2D eigenvalue weighted by molar-refractivity contribution is 9.10. The predicted molar refractivity (Wildman–Crippen MR) is 107 cm³/mol. The van der Waals surface area contributed by atoms with Crippen molar-refractivity contribution in [2.45, 2.75) is 12.8 Å². The van der Waals surface area contributed by atoms with Gasteiger partial charge in [-0.1, -0.05) is 22.0 Å². The fourth-order valence-corrected chi connectivity index (χ4v) is 3.62. The Morgan fingerprint density at radius 3 is 2.74 bits per heavy atom. The number of nitrogens with zero attached hydrogens (tertiary/aromatic N) is 5. The number of nitrogens with one attached hydrogen (secondary N) is 1. The lowest BCUT2D eigenvalue weighted by Gasteiger charge is -2.32. The van der Waals surface area contributed by atoms with Crippen LogP contribution in [0.25, 0.3) is 5.82 Å². The molecule has 138 valence electrons. The quantitative estimate of drug-likeness (QED) is 0.692. The molecule has 0 bridgehead atoms. The first-order valence-electron chi connectivity index (χ1n) is 8.84. The molecule has 1 saturated heterocycles. The molecule has 1 aromatic carbocycles. The molecule has 0 saturated carbocycles. The third kappa shape index (κ3) is 4.16. The highest BCUT2D eigenvalue weighted by atomic mass is 79.9. The third-order valence-electron chi connectivity index (χ3n) is 4.58. The van der Waals surface area contributed by atoms with Crippen LogP contribution in [-0.2, 0) is 4.79 Å². The van der Waals surface area contributed by atoms with Crippen LogP contribution < -0.4 is 10.2 Å². The van der Waals surface area contributed by atoms with Gasteiger partial charge in [0.2, 0.25) is 5.91 Å². The van der Waals surface area contributed by atoms with Crippen molar-refractivity contribution in [1.29, 1.82) is 0 Å². The van der Waals surface area contributed by atoms with Crippen LogP contribution in [0, 0.1) is 5.92 Å². The van der Waals surface area contributed by atoms with E-state index in [0.717, 1.165) is 35.4 Å². The van der Waals surface area contributed by atoms with E-state index in [1.807, 2.05) is 48.7 Å². The number of anilines is 2. The van der Waals surface area contributed by atoms with Crippen molar-refractivity contribution in [1.82, 2.24) is 20.0 Å². The standard InChI is InChI=1S/C19H19BrN6O/c20-15-5-1-6-16(12-15)22-19(27)14-4-2-10-25(13-14)17-7-8-18(24-23-17)26-11-3-9-21-26/h1,3,5-9,11-12,14H,2,4,10,13H2,(H,22,27). The Kier molecular flexibility index (Phi) is 5.15. The fourth-order valence-electron chi connectivity index (χ4n) is 3.22. The minimum Gasteiger partial charge on any atom is -0.354 e. The van der Waals surface area contributed by atoms with Crippen LogP contribution in [0.2, 0.25) is 0 Å². The lowest BCUT2D eigenvalue weighted by atomic mass is 9.97. The van der Waals surface area contributed by atoms with E-state index in [2.05, 4.69) is 41.4 Å². The Labute approximate surface area is 165 Å². The smallest absolute Gasteiger partial charge is 0.229 e. The van der Waals surface area contributed by atoms with Crippen LogP contribution >= 0.6 is 15.9 Å². The number of carbonyl (C=O) groups excluding carboxylic acids is 1. The lowest BCUT2D eigenvalue weighted by molar-refractivity contribution is -0.120. The van der Waals surface area contributed by atoms with E-state index < -0.39 is 0 Å². The molecule has 1 unspecified atom stereocenters. The molecular formula is C19H19BrN6O. The second-order valence-electron chi connectivity index (χ2n) is 6.49. The van der Waals surface area contributed by atoms with Crippen molar-refractivity contribution < 1.29 is 4.79 Å².